The molecule has 144 valence electrons. The lowest BCUT2D eigenvalue weighted by molar-refractivity contribution is -0.134. The zero-order valence-corrected chi connectivity index (χ0v) is 16.4. The van der Waals surface area contributed by atoms with Crippen LogP contribution in [0, 0.1) is 5.92 Å². The molecule has 0 unspecified atom stereocenters. The first-order valence-electron chi connectivity index (χ1n) is 9.81. The van der Waals surface area contributed by atoms with Crippen LogP contribution in [-0.2, 0) is 16.0 Å². The second-order valence-corrected chi connectivity index (χ2v) is 7.54. The number of carbonyl (C=O) groups is 2. The van der Waals surface area contributed by atoms with Crippen molar-refractivity contribution in [3.63, 3.8) is 0 Å². The molecular weight excluding hydrogens is 326 g/mol. The SMILES string of the molecule is CCN(CC(=O)NC(C)C)CC(=O)N1CCC(Cc2ccccc2)CC1. The molecule has 5 nitrogen and oxygen atoms in total. The van der Waals surface area contributed by atoms with Crippen LogP contribution >= 0.6 is 0 Å². The maximum Gasteiger partial charge on any atom is 0.236 e. The molecule has 1 aliphatic heterocycles. The van der Waals surface area contributed by atoms with Gasteiger partial charge >= 0.3 is 0 Å². The van der Waals surface area contributed by atoms with E-state index in [-0.39, 0.29) is 24.4 Å². The van der Waals surface area contributed by atoms with Crippen LogP contribution in [0.5, 0.6) is 0 Å². The standard InChI is InChI=1S/C21H33N3O2/c1-4-23(15-20(25)22-17(2)3)16-21(26)24-12-10-19(11-13-24)14-18-8-6-5-7-9-18/h5-9,17,19H,4,10-16H2,1-3H3,(H,22,25). The Hall–Kier alpha value is -1.88. The third-order valence-corrected chi connectivity index (χ3v) is 4.96. The van der Waals surface area contributed by atoms with Crippen LogP contribution in [0.15, 0.2) is 30.3 Å². The quantitative estimate of drug-likeness (QED) is 0.775. The minimum Gasteiger partial charge on any atom is -0.353 e. The number of hydrogen-bond donors (Lipinski definition) is 1. The van der Waals surface area contributed by atoms with Crippen molar-refractivity contribution in [1.82, 2.24) is 15.1 Å². The highest BCUT2D eigenvalue weighted by Gasteiger charge is 2.24. The Morgan fingerprint density at radius 2 is 1.81 bits per heavy atom. The van der Waals surface area contributed by atoms with Gasteiger partial charge in [-0.05, 0) is 51.1 Å². The molecule has 1 aromatic rings. The number of nitrogens with one attached hydrogen (secondary N) is 1. The summed E-state index contributed by atoms with van der Waals surface area (Å²) in [6, 6.07) is 10.7. The predicted molar refractivity (Wildman–Crippen MR) is 105 cm³/mol. The maximum atomic E-state index is 12.6. The van der Waals surface area contributed by atoms with Crippen molar-refractivity contribution in [3.05, 3.63) is 35.9 Å². The van der Waals surface area contributed by atoms with E-state index in [4.69, 9.17) is 0 Å². The summed E-state index contributed by atoms with van der Waals surface area (Å²) in [7, 11) is 0. The molecule has 1 fully saturated rings. The Labute approximate surface area is 157 Å². The van der Waals surface area contributed by atoms with E-state index in [9.17, 15) is 9.59 Å². The average molecular weight is 360 g/mol. The highest BCUT2D eigenvalue weighted by atomic mass is 16.2. The van der Waals surface area contributed by atoms with Gasteiger partial charge in [-0.15, -0.1) is 0 Å². The molecule has 5 heteroatoms. The largest absolute Gasteiger partial charge is 0.353 e. The van der Waals surface area contributed by atoms with Crippen molar-refractivity contribution in [2.75, 3.05) is 32.7 Å². The maximum absolute atomic E-state index is 12.6. The Morgan fingerprint density at radius 3 is 2.38 bits per heavy atom. The topological polar surface area (TPSA) is 52.7 Å². The van der Waals surface area contributed by atoms with E-state index in [1.807, 2.05) is 36.6 Å². The molecule has 1 saturated heterocycles. The van der Waals surface area contributed by atoms with E-state index in [0.29, 0.717) is 19.0 Å². The number of benzene rings is 1. The van der Waals surface area contributed by atoms with Gasteiger partial charge in [0, 0.05) is 19.1 Å². The predicted octanol–water partition coefficient (Wildman–Crippen LogP) is 2.31. The van der Waals surface area contributed by atoms with E-state index >= 15 is 0 Å². The summed E-state index contributed by atoms with van der Waals surface area (Å²) in [5, 5.41) is 2.88. The molecule has 2 amide bonds. The molecule has 0 bridgehead atoms. The monoisotopic (exact) mass is 359 g/mol. The lowest BCUT2D eigenvalue weighted by Crippen LogP contribution is -2.47. The molecule has 26 heavy (non-hydrogen) atoms. The fourth-order valence-electron chi connectivity index (χ4n) is 3.48. The molecule has 0 spiro atoms. The molecule has 0 saturated carbocycles. The highest BCUT2D eigenvalue weighted by Crippen LogP contribution is 2.21. The van der Waals surface area contributed by atoms with Crippen LogP contribution in [-0.4, -0.2) is 60.4 Å². The summed E-state index contributed by atoms with van der Waals surface area (Å²) in [6.45, 7) is 8.83. The number of piperidine rings is 1. The van der Waals surface area contributed by atoms with Gasteiger partial charge in [0.1, 0.15) is 0 Å². The Kier molecular flexibility index (Phi) is 8.10. The molecule has 1 heterocycles. The summed E-state index contributed by atoms with van der Waals surface area (Å²) in [5.41, 5.74) is 1.38. The zero-order valence-electron chi connectivity index (χ0n) is 16.4. The first-order valence-corrected chi connectivity index (χ1v) is 9.81. The second-order valence-electron chi connectivity index (χ2n) is 7.54. The summed E-state index contributed by atoms with van der Waals surface area (Å²) >= 11 is 0. The van der Waals surface area contributed by atoms with Gasteiger partial charge < -0.3 is 10.2 Å². The van der Waals surface area contributed by atoms with Gasteiger partial charge in [-0.3, -0.25) is 14.5 Å². The third kappa shape index (κ3) is 6.79. The molecule has 1 aliphatic rings. The summed E-state index contributed by atoms with van der Waals surface area (Å²) in [6.07, 6.45) is 3.21. The number of nitrogens with zero attached hydrogens (tertiary/aromatic N) is 2. The third-order valence-electron chi connectivity index (χ3n) is 4.96. The minimum absolute atomic E-state index is 0.0174. The van der Waals surface area contributed by atoms with Crippen molar-refractivity contribution in [2.24, 2.45) is 5.92 Å². The summed E-state index contributed by atoms with van der Waals surface area (Å²) in [5.74, 6) is 0.777. The first-order chi connectivity index (χ1) is 12.5. The van der Waals surface area contributed by atoms with Crippen molar-refractivity contribution in [1.29, 1.82) is 0 Å². The van der Waals surface area contributed by atoms with Crippen LogP contribution < -0.4 is 5.32 Å². The molecule has 2 rings (SSSR count). The van der Waals surface area contributed by atoms with Gasteiger partial charge in [0.25, 0.3) is 0 Å². The van der Waals surface area contributed by atoms with Crippen LogP contribution in [0.4, 0.5) is 0 Å². The number of rotatable bonds is 8. The molecule has 0 atom stereocenters. The van der Waals surface area contributed by atoms with Crippen LogP contribution in [0.2, 0.25) is 0 Å². The molecule has 1 N–H and O–H groups in total. The molecule has 0 aliphatic carbocycles. The number of amides is 2. The summed E-state index contributed by atoms with van der Waals surface area (Å²) < 4.78 is 0. The van der Waals surface area contributed by atoms with Gasteiger partial charge in [0.2, 0.25) is 11.8 Å². The zero-order chi connectivity index (χ0) is 18.9. The van der Waals surface area contributed by atoms with E-state index in [2.05, 4.69) is 29.6 Å². The van der Waals surface area contributed by atoms with Gasteiger partial charge in [-0.2, -0.15) is 0 Å². The van der Waals surface area contributed by atoms with Crippen LogP contribution in [0.3, 0.4) is 0 Å². The lowest BCUT2D eigenvalue weighted by Gasteiger charge is -2.33. The van der Waals surface area contributed by atoms with Crippen molar-refractivity contribution in [3.8, 4) is 0 Å². The van der Waals surface area contributed by atoms with Crippen LogP contribution in [0.1, 0.15) is 39.2 Å². The van der Waals surface area contributed by atoms with Crippen LogP contribution in [0.25, 0.3) is 0 Å². The van der Waals surface area contributed by atoms with Gasteiger partial charge in [0.15, 0.2) is 0 Å². The average Bonchev–Trinajstić information content (AvgIpc) is 2.62. The highest BCUT2D eigenvalue weighted by molar-refractivity contribution is 5.81. The van der Waals surface area contributed by atoms with E-state index in [1.54, 1.807) is 0 Å². The number of carbonyl (C=O) groups excluding carboxylic acids is 2. The molecule has 0 aromatic heterocycles. The second kappa shape index (κ2) is 10.3. The van der Waals surface area contributed by atoms with Gasteiger partial charge in [0.05, 0.1) is 13.1 Å². The number of likely N-dealkylation sites (N-methyl/N-ethyl adjacent to an activating group) is 1. The lowest BCUT2D eigenvalue weighted by atomic mass is 9.90. The fraction of sp³-hybridized carbons (Fsp3) is 0.619. The van der Waals surface area contributed by atoms with Crippen molar-refractivity contribution >= 4 is 11.8 Å². The van der Waals surface area contributed by atoms with Gasteiger partial charge in [-0.25, -0.2) is 0 Å². The Balaban J connectivity index is 1.75. The normalized spacial score (nSPS) is 15.5. The number of hydrogen-bond acceptors (Lipinski definition) is 3. The first kappa shape index (κ1) is 20.4. The van der Waals surface area contributed by atoms with Gasteiger partial charge in [-0.1, -0.05) is 37.3 Å². The van der Waals surface area contributed by atoms with E-state index in [1.165, 1.54) is 5.56 Å². The van der Waals surface area contributed by atoms with E-state index in [0.717, 1.165) is 32.4 Å². The Morgan fingerprint density at radius 1 is 1.15 bits per heavy atom. The molecule has 0 radical (unpaired) electrons. The summed E-state index contributed by atoms with van der Waals surface area (Å²) in [4.78, 5) is 28.4. The number of likely N-dealkylation sites (tertiary alicyclic amines) is 1. The van der Waals surface area contributed by atoms with E-state index < -0.39 is 0 Å². The van der Waals surface area contributed by atoms with Crippen molar-refractivity contribution in [2.45, 2.75) is 46.1 Å². The molecule has 1 aromatic carbocycles. The fourth-order valence-corrected chi connectivity index (χ4v) is 3.48. The van der Waals surface area contributed by atoms with Crippen molar-refractivity contribution < 1.29 is 9.59 Å². The smallest absolute Gasteiger partial charge is 0.236 e. The molecular formula is C21H33N3O2. The Bertz CT molecular complexity index is 566. The minimum atomic E-state index is -0.0174.